The fourth-order valence-electron chi connectivity index (χ4n) is 0.517. The quantitative estimate of drug-likeness (QED) is 0.334. The van der Waals surface area contributed by atoms with E-state index in [0.717, 1.165) is 0 Å². The van der Waals surface area contributed by atoms with E-state index in [-0.39, 0.29) is 6.16 Å². The van der Waals surface area contributed by atoms with E-state index < -0.39 is 0 Å². The Balaban J connectivity index is 2.29. The van der Waals surface area contributed by atoms with E-state index in [9.17, 15) is 0 Å². The summed E-state index contributed by atoms with van der Waals surface area (Å²) in [6, 6.07) is 0. The van der Waals surface area contributed by atoms with Crippen LogP contribution in [-0.4, -0.2) is 24.2 Å². The fourth-order valence-corrected chi connectivity index (χ4v) is 0.517. The maximum absolute atomic E-state index is 8.50. The van der Waals surface area contributed by atoms with Crippen molar-refractivity contribution in [1.29, 1.82) is 0 Å². The molecule has 0 aromatic carbocycles. The Hall–Kier alpha value is -0.730. The van der Waals surface area contributed by atoms with Gasteiger partial charge in [-0.25, -0.2) is 0 Å². The van der Waals surface area contributed by atoms with Gasteiger partial charge in [0.05, 0.1) is 5.92 Å². The van der Waals surface area contributed by atoms with Crippen molar-refractivity contribution < 1.29 is 14.3 Å². The van der Waals surface area contributed by atoms with Gasteiger partial charge in [0.2, 0.25) is 0 Å². The molecule has 1 heterocycles. The average Bonchev–Trinajstić information content (AvgIpc) is 1.77. The Bertz CT molecular complexity index is 89.8. The lowest BCUT2D eigenvalue weighted by atomic mass is 10.2. The summed E-state index contributed by atoms with van der Waals surface area (Å²) in [4.78, 5) is 8.50. The zero-order chi connectivity index (χ0) is 5.98. The molecule has 0 aliphatic carbocycles. The van der Waals surface area contributed by atoms with Gasteiger partial charge in [-0.2, -0.15) is 0 Å². The predicted molar refractivity (Wildman–Crippen MR) is 28.0 cm³/mol. The molecule has 0 aromatic heterocycles. The van der Waals surface area contributed by atoms with Crippen LogP contribution in [0.15, 0.2) is 0 Å². The summed E-state index contributed by atoms with van der Waals surface area (Å²) in [5.74, 6) is 0.394. The predicted octanol–water partition coefficient (Wildman–Crippen LogP) is 0.129. The first kappa shape index (κ1) is 5.41. The first-order valence-corrected chi connectivity index (χ1v) is 2.60. The SMILES string of the molecule is CC1COC(=[OH+])OC1. The van der Waals surface area contributed by atoms with Crippen LogP contribution in [0, 0.1) is 5.92 Å². The van der Waals surface area contributed by atoms with Crippen molar-refractivity contribution in [3.8, 4) is 0 Å². The van der Waals surface area contributed by atoms with Crippen LogP contribution in [0.2, 0.25) is 0 Å². The van der Waals surface area contributed by atoms with Crippen LogP contribution in [0.1, 0.15) is 6.92 Å². The summed E-state index contributed by atoms with van der Waals surface area (Å²) in [6.07, 6.45) is -0.289. The van der Waals surface area contributed by atoms with Gasteiger partial charge >= 0.3 is 6.16 Å². The van der Waals surface area contributed by atoms with Crippen LogP contribution in [-0.2, 0) is 9.47 Å². The Morgan fingerprint density at radius 3 is 2.38 bits per heavy atom. The number of cyclic esters (lactones) is 2. The molecular weight excluding hydrogens is 108 g/mol. The summed E-state index contributed by atoms with van der Waals surface area (Å²) < 4.78 is 9.28. The van der Waals surface area contributed by atoms with Crippen molar-refractivity contribution >= 4 is 6.16 Å². The molecule has 1 saturated heterocycles. The molecule has 0 amide bonds. The Labute approximate surface area is 47.6 Å². The van der Waals surface area contributed by atoms with Crippen molar-refractivity contribution in [2.45, 2.75) is 6.92 Å². The van der Waals surface area contributed by atoms with Crippen LogP contribution < -0.4 is 0 Å². The molecule has 46 valence electrons. The van der Waals surface area contributed by atoms with Crippen LogP contribution in [0.3, 0.4) is 0 Å². The Morgan fingerprint density at radius 1 is 1.50 bits per heavy atom. The van der Waals surface area contributed by atoms with E-state index in [1.54, 1.807) is 0 Å². The molecule has 3 nitrogen and oxygen atoms in total. The van der Waals surface area contributed by atoms with E-state index >= 15 is 0 Å². The van der Waals surface area contributed by atoms with Gasteiger partial charge in [-0.15, -0.1) is 0 Å². The first-order valence-electron chi connectivity index (χ1n) is 2.60. The maximum atomic E-state index is 8.50. The molecule has 3 heteroatoms. The third-order valence-electron chi connectivity index (χ3n) is 0.983. The lowest BCUT2D eigenvalue weighted by Gasteiger charge is -2.08. The molecule has 0 unspecified atom stereocenters. The van der Waals surface area contributed by atoms with Crippen molar-refractivity contribution in [3.05, 3.63) is 0 Å². The molecule has 0 bridgehead atoms. The maximum Gasteiger partial charge on any atom is 0.712 e. The Morgan fingerprint density at radius 2 is 2.00 bits per heavy atom. The van der Waals surface area contributed by atoms with E-state index in [2.05, 4.69) is 9.47 Å². The van der Waals surface area contributed by atoms with Gasteiger partial charge in [-0.3, -0.25) is 0 Å². The number of ether oxygens (including phenoxy) is 2. The standard InChI is InChI=1S/C5H8O3/c1-4-2-7-5(6)8-3-4/h4H,2-3H2,1H3/p+1. The number of hydrogen-bond acceptors (Lipinski definition) is 2. The molecule has 0 radical (unpaired) electrons. The molecule has 1 aliphatic rings. The van der Waals surface area contributed by atoms with Crippen molar-refractivity contribution in [2.24, 2.45) is 5.92 Å². The molecule has 0 aromatic rings. The number of hydrogen-bond donors (Lipinski definition) is 0. The molecule has 0 spiro atoms. The minimum atomic E-state index is -0.289. The molecule has 1 fully saturated rings. The van der Waals surface area contributed by atoms with E-state index in [4.69, 9.17) is 4.79 Å². The highest BCUT2D eigenvalue weighted by atomic mass is 16.7. The van der Waals surface area contributed by atoms with Gasteiger partial charge in [-0.05, 0) is 0 Å². The minimum absolute atomic E-state index is 0.289. The highest BCUT2D eigenvalue weighted by Gasteiger charge is 2.25. The van der Waals surface area contributed by atoms with Gasteiger partial charge in [0.1, 0.15) is 0 Å². The second-order valence-electron chi connectivity index (χ2n) is 1.99. The lowest BCUT2D eigenvalue weighted by Crippen LogP contribution is -2.26. The smallest absolute Gasteiger partial charge is 0.336 e. The molecule has 0 saturated carbocycles. The zero-order valence-electron chi connectivity index (χ0n) is 4.76. The molecule has 1 aliphatic heterocycles. The molecule has 1 N–H and O–H groups in total. The topological polar surface area (TPSA) is 39.9 Å². The zero-order valence-corrected chi connectivity index (χ0v) is 4.76. The van der Waals surface area contributed by atoms with Crippen LogP contribution >= 0.6 is 0 Å². The number of carbonyl (C=O) groups excluding carboxylic acids is 1. The normalized spacial score (nSPS) is 28.6. The van der Waals surface area contributed by atoms with E-state index in [1.807, 2.05) is 6.92 Å². The van der Waals surface area contributed by atoms with Crippen molar-refractivity contribution in [2.75, 3.05) is 13.2 Å². The monoisotopic (exact) mass is 117 g/mol. The highest BCUT2D eigenvalue weighted by Crippen LogP contribution is 2.03. The number of rotatable bonds is 0. The molecule has 0 atom stereocenters. The Kier molecular flexibility index (Phi) is 1.37. The van der Waals surface area contributed by atoms with Gasteiger partial charge in [0.25, 0.3) is 0 Å². The minimum Gasteiger partial charge on any atom is -0.336 e. The largest absolute Gasteiger partial charge is 0.712 e. The molecule has 8 heavy (non-hydrogen) atoms. The molecular formula is C5H9O3+. The third-order valence-corrected chi connectivity index (χ3v) is 0.983. The second-order valence-corrected chi connectivity index (χ2v) is 1.99. The van der Waals surface area contributed by atoms with Crippen LogP contribution in [0.25, 0.3) is 0 Å². The van der Waals surface area contributed by atoms with Gasteiger partial charge in [0, 0.05) is 0 Å². The van der Waals surface area contributed by atoms with Gasteiger partial charge in [0.15, 0.2) is 13.2 Å². The lowest BCUT2D eigenvalue weighted by molar-refractivity contribution is 0.0394. The van der Waals surface area contributed by atoms with Crippen LogP contribution in [0.4, 0.5) is 0 Å². The summed E-state index contributed by atoms with van der Waals surface area (Å²) >= 11 is 0. The summed E-state index contributed by atoms with van der Waals surface area (Å²) in [7, 11) is 0. The average molecular weight is 117 g/mol. The van der Waals surface area contributed by atoms with E-state index in [1.165, 1.54) is 0 Å². The highest BCUT2D eigenvalue weighted by molar-refractivity contribution is 5.61. The van der Waals surface area contributed by atoms with Crippen molar-refractivity contribution in [3.63, 3.8) is 0 Å². The fraction of sp³-hybridized carbons (Fsp3) is 0.800. The summed E-state index contributed by atoms with van der Waals surface area (Å²) in [5, 5.41) is 0. The second kappa shape index (κ2) is 2.03. The molecule has 1 rings (SSSR count). The van der Waals surface area contributed by atoms with Crippen LogP contribution in [0.5, 0.6) is 0 Å². The summed E-state index contributed by atoms with van der Waals surface area (Å²) in [6.45, 7) is 3.12. The summed E-state index contributed by atoms with van der Waals surface area (Å²) in [5.41, 5.74) is 0. The van der Waals surface area contributed by atoms with Gasteiger partial charge in [-0.1, -0.05) is 6.92 Å². The first-order chi connectivity index (χ1) is 3.79. The van der Waals surface area contributed by atoms with Crippen molar-refractivity contribution in [1.82, 2.24) is 0 Å². The third kappa shape index (κ3) is 1.12. The van der Waals surface area contributed by atoms with E-state index in [0.29, 0.717) is 19.1 Å². The van der Waals surface area contributed by atoms with Gasteiger partial charge < -0.3 is 14.3 Å².